The molecule has 27 heavy (non-hydrogen) atoms. The number of nitrogens with one attached hydrogen (secondary N) is 1. The molecule has 0 aliphatic carbocycles. The summed E-state index contributed by atoms with van der Waals surface area (Å²) in [5.74, 6) is 0.380. The summed E-state index contributed by atoms with van der Waals surface area (Å²) >= 11 is 1.54. The van der Waals surface area contributed by atoms with Crippen molar-refractivity contribution in [3.8, 4) is 0 Å². The normalized spacial score (nSPS) is 11.3. The van der Waals surface area contributed by atoms with E-state index in [0.29, 0.717) is 23.6 Å². The highest BCUT2D eigenvalue weighted by atomic mass is 32.1. The van der Waals surface area contributed by atoms with Crippen molar-refractivity contribution in [2.75, 3.05) is 6.54 Å². The summed E-state index contributed by atoms with van der Waals surface area (Å²) in [6.45, 7) is 0.663. The van der Waals surface area contributed by atoms with Crippen molar-refractivity contribution in [1.82, 2.24) is 5.32 Å². The number of hydrogen-bond acceptors (Lipinski definition) is 3. The average molecular weight is 378 g/mol. The molecule has 0 spiro atoms. The number of aliphatic imine (C=N–C) groups is 1. The smallest absolute Gasteiger partial charge is 0.251 e. The summed E-state index contributed by atoms with van der Waals surface area (Å²) in [4.78, 5) is 17.7. The lowest BCUT2D eigenvalue weighted by atomic mass is 10.1. The molecule has 4 nitrogen and oxygen atoms in total. The van der Waals surface area contributed by atoms with Crippen LogP contribution in [0.3, 0.4) is 0 Å². The highest BCUT2D eigenvalue weighted by Crippen LogP contribution is 2.17. The number of nitrogens with zero attached hydrogens (tertiary/aromatic N) is 1. The van der Waals surface area contributed by atoms with Crippen molar-refractivity contribution in [2.24, 2.45) is 10.7 Å². The number of carbonyl (C=O) groups excluding carboxylic acids is 1. The van der Waals surface area contributed by atoms with Crippen molar-refractivity contribution in [3.63, 3.8) is 0 Å². The van der Waals surface area contributed by atoms with Gasteiger partial charge in [-0.25, -0.2) is 4.99 Å². The lowest BCUT2D eigenvalue weighted by molar-refractivity contribution is 0.0953. The van der Waals surface area contributed by atoms with Gasteiger partial charge in [0.25, 0.3) is 5.91 Å². The Morgan fingerprint density at radius 2 is 1.85 bits per heavy atom. The predicted molar refractivity (Wildman–Crippen MR) is 113 cm³/mol. The maximum absolute atomic E-state index is 12.4. The van der Waals surface area contributed by atoms with Crippen LogP contribution in [0.15, 0.2) is 77.1 Å². The van der Waals surface area contributed by atoms with Crippen molar-refractivity contribution < 1.29 is 4.79 Å². The monoisotopic (exact) mass is 377 g/mol. The largest absolute Gasteiger partial charge is 0.383 e. The molecule has 0 saturated carbocycles. The number of amidine groups is 1. The van der Waals surface area contributed by atoms with E-state index in [-0.39, 0.29) is 5.91 Å². The first kappa shape index (κ1) is 18.9. The fourth-order valence-electron chi connectivity index (χ4n) is 2.74. The topological polar surface area (TPSA) is 67.5 Å². The van der Waals surface area contributed by atoms with Gasteiger partial charge in [0.05, 0.1) is 10.6 Å². The number of hydrogen-bond donors (Lipinski definition) is 2. The van der Waals surface area contributed by atoms with Gasteiger partial charge in [0.2, 0.25) is 0 Å². The molecule has 0 atom stereocenters. The summed E-state index contributed by atoms with van der Waals surface area (Å²) in [5.41, 5.74) is 8.62. The van der Waals surface area contributed by atoms with Gasteiger partial charge < -0.3 is 11.1 Å². The van der Waals surface area contributed by atoms with E-state index in [1.165, 1.54) is 16.9 Å². The van der Waals surface area contributed by atoms with Crippen LogP contribution in [0.4, 0.5) is 5.69 Å². The standard InChI is InChI=1S/C22H23N3OS/c23-21(20-13-7-15-27-20)25-19-12-6-11-18(16-19)22(26)24-14-5-4-10-17-8-2-1-3-9-17/h1-3,6-9,11-13,15-16H,4-5,10,14H2,(H2,23,25)(H,24,26). The van der Waals surface area contributed by atoms with Crippen LogP contribution in [0.2, 0.25) is 0 Å². The molecule has 1 amide bonds. The molecule has 1 aromatic heterocycles. The van der Waals surface area contributed by atoms with Crippen LogP contribution in [-0.2, 0) is 6.42 Å². The Hall–Kier alpha value is -2.92. The fraction of sp³-hybridized carbons (Fsp3) is 0.182. The van der Waals surface area contributed by atoms with E-state index in [4.69, 9.17) is 5.73 Å². The number of nitrogens with two attached hydrogens (primary N) is 1. The van der Waals surface area contributed by atoms with E-state index in [1.807, 2.05) is 35.7 Å². The van der Waals surface area contributed by atoms with Crippen LogP contribution in [0, 0.1) is 0 Å². The summed E-state index contributed by atoms with van der Waals surface area (Å²) in [6, 6.07) is 21.5. The molecule has 3 aromatic rings. The molecule has 1 heterocycles. The van der Waals surface area contributed by atoms with E-state index in [0.717, 1.165) is 24.1 Å². The van der Waals surface area contributed by atoms with Crippen LogP contribution in [-0.4, -0.2) is 18.3 Å². The molecular weight excluding hydrogens is 354 g/mol. The average Bonchev–Trinajstić information content (AvgIpc) is 3.24. The van der Waals surface area contributed by atoms with Gasteiger partial charge in [-0.05, 0) is 54.5 Å². The van der Waals surface area contributed by atoms with Gasteiger partial charge in [0.15, 0.2) is 0 Å². The first-order valence-corrected chi connectivity index (χ1v) is 9.90. The minimum atomic E-state index is -0.0820. The Balaban J connectivity index is 1.49. The van der Waals surface area contributed by atoms with Gasteiger partial charge >= 0.3 is 0 Å². The zero-order valence-corrected chi connectivity index (χ0v) is 15.9. The maximum atomic E-state index is 12.4. The van der Waals surface area contributed by atoms with Crippen molar-refractivity contribution in [2.45, 2.75) is 19.3 Å². The third-order valence-electron chi connectivity index (χ3n) is 4.15. The van der Waals surface area contributed by atoms with Crippen LogP contribution >= 0.6 is 11.3 Å². The second-order valence-electron chi connectivity index (χ2n) is 6.22. The molecule has 0 aliphatic rings. The van der Waals surface area contributed by atoms with Gasteiger partial charge in [-0.1, -0.05) is 42.5 Å². The first-order chi connectivity index (χ1) is 13.2. The molecular formula is C22H23N3OS. The van der Waals surface area contributed by atoms with E-state index in [9.17, 15) is 4.79 Å². The maximum Gasteiger partial charge on any atom is 0.251 e. The van der Waals surface area contributed by atoms with E-state index in [1.54, 1.807) is 12.1 Å². The summed E-state index contributed by atoms with van der Waals surface area (Å²) in [5, 5.41) is 4.93. The number of unbranched alkanes of at least 4 members (excludes halogenated alkanes) is 1. The van der Waals surface area contributed by atoms with Crippen molar-refractivity contribution >= 4 is 28.8 Å². The zero-order chi connectivity index (χ0) is 18.9. The summed E-state index contributed by atoms with van der Waals surface area (Å²) < 4.78 is 0. The number of thiophene rings is 1. The van der Waals surface area contributed by atoms with E-state index < -0.39 is 0 Å². The second-order valence-corrected chi connectivity index (χ2v) is 7.17. The highest BCUT2D eigenvalue weighted by molar-refractivity contribution is 7.12. The predicted octanol–water partition coefficient (Wildman–Crippen LogP) is 4.54. The van der Waals surface area contributed by atoms with Gasteiger partial charge in [0, 0.05) is 12.1 Å². The molecule has 3 N–H and O–H groups in total. The summed E-state index contributed by atoms with van der Waals surface area (Å²) in [6.07, 6.45) is 3.03. The number of carbonyl (C=O) groups is 1. The van der Waals surface area contributed by atoms with E-state index >= 15 is 0 Å². The molecule has 5 heteroatoms. The van der Waals surface area contributed by atoms with Crippen molar-refractivity contribution in [3.05, 3.63) is 88.1 Å². The van der Waals surface area contributed by atoms with E-state index in [2.05, 4.69) is 34.6 Å². The third-order valence-corrected chi connectivity index (χ3v) is 5.04. The Morgan fingerprint density at radius 3 is 2.63 bits per heavy atom. The van der Waals surface area contributed by atoms with Gasteiger partial charge in [-0.15, -0.1) is 11.3 Å². The Labute approximate surface area is 163 Å². The highest BCUT2D eigenvalue weighted by Gasteiger charge is 2.06. The SMILES string of the molecule is NC(=Nc1cccc(C(=O)NCCCCc2ccccc2)c1)c1cccs1. The minimum absolute atomic E-state index is 0.0820. The molecule has 0 unspecified atom stereocenters. The number of aryl methyl sites for hydroxylation is 1. The van der Waals surface area contributed by atoms with Gasteiger partial charge in [-0.3, -0.25) is 4.79 Å². The minimum Gasteiger partial charge on any atom is -0.383 e. The Bertz CT molecular complexity index is 889. The zero-order valence-electron chi connectivity index (χ0n) is 15.1. The lowest BCUT2D eigenvalue weighted by Gasteiger charge is -2.06. The third kappa shape index (κ3) is 5.79. The molecule has 0 bridgehead atoms. The van der Waals surface area contributed by atoms with Crippen molar-refractivity contribution in [1.29, 1.82) is 0 Å². The second kappa shape index (κ2) is 9.69. The summed E-state index contributed by atoms with van der Waals surface area (Å²) in [7, 11) is 0. The fourth-order valence-corrected chi connectivity index (χ4v) is 3.37. The van der Waals surface area contributed by atoms with Crippen LogP contribution in [0.25, 0.3) is 0 Å². The molecule has 138 valence electrons. The lowest BCUT2D eigenvalue weighted by Crippen LogP contribution is -2.24. The van der Waals surface area contributed by atoms with Crippen LogP contribution in [0.5, 0.6) is 0 Å². The molecule has 0 aliphatic heterocycles. The number of rotatable bonds is 8. The Kier molecular flexibility index (Phi) is 6.77. The quantitative estimate of drug-likeness (QED) is 0.344. The molecule has 0 saturated heterocycles. The molecule has 0 fully saturated rings. The first-order valence-electron chi connectivity index (χ1n) is 9.02. The molecule has 2 aromatic carbocycles. The van der Waals surface area contributed by atoms with Gasteiger partial charge in [0.1, 0.15) is 5.84 Å². The number of amides is 1. The van der Waals surface area contributed by atoms with Crippen LogP contribution in [0.1, 0.15) is 33.6 Å². The molecule has 3 rings (SSSR count). The van der Waals surface area contributed by atoms with Gasteiger partial charge in [-0.2, -0.15) is 0 Å². The van der Waals surface area contributed by atoms with Crippen LogP contribution < -0.4 is 11.1 Å². The Morgan fingerprint density at radius 1 is 1.00 bits per heavy atom. The molecule has 0 radical (unpaired) electrons. The number of benzene rings is 2.